The fourth-order valence-corrected chi connectivity index (χ4v) is 1.91. The third-order valence-electron chi connectivity index (χ3n) is 2.60. The maximum Gasteiger partial charge on any atom is 0.221 e. The van der Waals surface area contributed by atoms with Crippen molar-refractivity contribution in [1.29, 1.82) is 0 Å². The van der Waals surface area contributed by atoms with Gasteiger partial charge in [0, 0.05) is 24.2 Å². The molecule has 1 aromatic heterocycles. The molecule has 0 fully saturated rings. The molecule has 3 nitrogen and oxygen atoms in total. The number of furan rings is 1. The number of hydrogen-bond acceptors (Lipinski definition) is 2. The fraction of sp³-hybridized carbons (Fsp3) is 0.308. The molecule has 17 heavy (non-hydrogen) atoms. The molecule has 0 bridgehead atoms. The van der Waals surface area contributed by atoms with Gasteiger partial charge in [0.05, 0.1) is 6.26 Å². The summed E-state index contributed by atoms with van der Waals surface area (Å²) in [6, 6.07) is 7.88. The number of rotatable bonds is 5. The van der Waals surface area contributed by atoms with Crippen molar-refractivity contribution in [3.05, 3.63) is 36.1 Å². The van der Waals surface area contributed by atoms with Gasteiger partial charge in [-0.05, 0) is 18.1 Å². The largest absolute Gasteiger partial charge is 0.464 e. The van der Waals surface area contributed by atoms with Crippen molar-refractivity contribution < 1.29 is 9.21 Å². The van der Waals surface area contributed by atoms with Gasteiger partial charge in [0.15, 0.2) is 0 Å². The van der Waals surface area contributed by atoms with E-state index in [1.54, 1.807) is 6.26 Å². The van der Waals surface area contributed by atoms with Crippen LogP contribution in [-0.4, -0.2) is 18.3 Å². The van der Waals surface area contributed by atoms with E-state index in [4.69, 9.17) is 16.0 Å². The molecule has 0 aliphatic heterocycles. The minimum atomic E-state index is -0.00667. The Kier molecular flexibility index (Phi) is 4.04. The van der Waals surface area contributed by atoms with Gasteiger partial charge in [-0.3, -0.25) is 4.79 Å². The highest BCUT2D eigenvalue weighted by Crippen LogP contribution is 2.20. The summed E-state index contributed by atoms with van der Waals surface area (Å²) >= 11 is 5.48. The van der Waals surface area contributed by atoms with Gasteiger partial charge in [0.2, 0.25) is 5.91 Å². The minimum Gasteiger partial charge on any atom is -0.464 e. The lowest BCUT2D eigenvalue weighted by Gasteiger charge is -2.02. The van der Waals surface area contributed by atoms with Crippen LogP contribution < -0.4 is 5.32 Å². The first-order valence-corrected chi connectivity index (χ1v) is 6.12. The molecule has 0 atom stereocenters. The average molecular weight is 252 g/mol. The van der Waals surface area contributed by atoms with Crippen molar-refractivity contribution in [1.82, 2.24) is 5.32 Å². The molecule has 0 radical (unpaired) electrons. The van der Waals surface area contributed by atoms with E-state index in [1.807, 2.05) is 24.3 Å². The highest BCUT2D eigenvalue weighted by atomic mass is 35.5. The Morgan fingerprint density at radius 1 is 1.35 bits per heavy atom. The molecule has 0 unspecified atom stereocenters. The quantitative estimate of drug-likeness (QED) is 0.831. The van der Waals surface area contributed by atoms with Crippen LogP contribution in [0.3, 0.4) is 0 Å². The molecule has 0 aliphatic rings. The Morgan fingerprint density at radius 2 is 2.18 bits per heavy atom. The Bertz CT molecular complexity index is 507. The topological polar surface area (TPSA) is 42.2 Å². The van der Waals surface area contributed by atoms with Crippen LogP contribution >= 0.6 is 11.6 Å². The summed E-state index contributed by atoms with van der Waals surface area (Å²) in [6.45, 7) is 0.610. The summed E-state index contributed by atoms with van der Waals surface area (Å²) in [5.41, 5.74) is 2.00. The predicted octanol–water partition coefficient (Wildman–Crippen LogP) is 2.72. The lowest BCUT2D eigenvalue weighted by atomic mass is 10.1. The normalized spacial score (nSPS) is 10.6. The second-order valence-corrected chi connectivity index (χ2v) is 4.17. The van der Waals surface area contributed by atoms with Gasteiger partial charge in [-0.15, -0.1) is 11.6 Å². The van der Waals surface area contributed by atoms with Gasteiger partial charge in [0.1, 0.15) is 5.58 Å². The van der Waals surface area contributed by atoms with Crippen molar-refractivity contribution in [3.63, 3.8) is 0 Å². The van der Waals surface area contributed by atoms with E-state index in [1.165, 1.54) is 0 Å². The summed E-state index contributed by atoms with van der Waals surface area (Å²) in [7, 11) is 0. The maximum atomic E-state index is 11.2. The lowest BCUT2D eigenvalue weighted by molar-refractivity contribution is -0.120. The van der Waals surface area contributed by atoms with Crippen LogP contribution in [0.25, 0.3) is 11.0 Å². The van der Waals surface area contributed by atoms with Gasteiger partial charge in [-0.25, -0.2) is 0 Å². The van der Waals surface area contributed by atoms with Crippen LogP contribution in [0.1, 0.15) is 12.0 Å². The van der Waals surface area contributed by atoms with Crippen molar-refractivity contribution in [2.24, 2.45) is 0 Å². The zero-order chi connectivity index (χ0) is 12.1. The SMILES string of the molecule is O=C(CCCl)NCCc1coc2ccccc12. The van der Waals surface area contributed by atoms with Crippen LogP contribution in [-0.2, 0) is 11.2 Å². The molecule has 0 aliphatic carbocycles. The van der Waals surface area contributed by atoms with E-state index < -0.39 is 0 Å². The van der Waals surface area contributed by atoms with E-state index in [0.29, 0.717) is 18.8 Å². The number of carbonyl (C=O) groups excluding carboxylic acids is 1. The first-order chi connectivity index (χ1) is 8.31. The third kappa shape index (κ3) is 3.01. The van der Waals surface area contributed by atoms with Crippen molar-refractivity contribution in [2.75, 3.05) is 12.4 Å². The molecule has 4 heteroatoms. The van der Waals surface area contributed by atoms with Crippen LogP contribution in [0.2, 0.25) is 0 Å². The molecule has 1 aromatic carbocycles. The first-order valence-electron chi connectivity index (χ1n) is 5.59. The highest BCUT2D eigenvalue weighted by Gasteiger charge is 2.05. The average Bonchev–Trinajstić information content (AvgIpc) is 2.73. The Labute approximate surface area is 105 Å². The highest BCUT2D eigenvalue weighted by molar-refractivity contribution is 6.18. The molecular formula is C13H14ClNO2. The molecule has 0 saturated heterocycles. The Balaban J connectivity index is 1.93. The fourth-order valence-electron chi connectivity index (χ4n) is 1.74. The Hall–Kier alpha value is -1.48. The van der Waals surface area contributed by atoms with Crippen molar-refractivity contribution >= 4 is 28.5 Å². The molecule has 2 rings (SSSR count). The molecule has 1 N–H and O–H groups in total. The number of alkyl halides is 1. The zero-order valence-corrected chi connectivity index (χ0v) is 10.2. The number of para-hydroxylation sites is 1. The first kappa shape index (κ1) is 12.0. The van der Waals surface area contributed by atoms with Crippen LogP contribution in [0, 0.1) is 0 Å². The van der Waals surface area contributed by atoms with Crippen LogP contribution in [0.4, 0.5) is 0 Å². The zero-order valence-electron chi connectivity index (χ0n) is 9.41. The summed E-state index contributed by atoms with van der Waals surface area (Å²) < 4.78 is 5.42. The number of hydrogen-bond donors (Lipinski definition) is 1. The number of benzene rings is 1. The lowest BCUT2D eigenvalue weighted by Crippen LogP contribution is -2.25. The number of fused-ring (bicyclic) bond motifs is 1. The smallest absolute Gasteiger partial charge is 0.221 e. The van der Waals surface area contributed by atoms with Crippen molar-refractivity contribution in [2.45, 2.75) is 12.8 Å². The molecular weight excluding hydrogens is 238 g/mol. The molecule has 0 spiro atoms. The number of amides is 1. The summed E-state index contributed by atoms with van der Waals surface area (Å²) in [4.78, 5) is 11.2. The molecule has 0 saturated carbocycles. The van der Waals surface area contributed by atoms with Crippen molar-refractivity contribution in [3.8, 4) is 0 Å². The number of halogens is 1. The van der Waals surface area contributed by atoms with Crippen LogP contribution in [0.5, 0.6) is 0 Å². The molecule has 1 heterocycles. The summed E-state index contributed by atoms with van der Waals surface area (Å²) in [6.07, 6.45) is 2.89. The monoisotopic (exact) mass is 251 g/mol. The van der Waals surface area contributed by atoms with E-state index in [0.717, 1.165) is 23.0 Å². The standard InChI is InChI=1S/C13H14ClNO2/c14-7-5-13(16)15-8-6-10-9-17-12-4-2-1-3-11(10)12/h1-4,9H,5-8H2,(H,15,16). The minimum absolute atomic E-state index is 0.00667. The summed E-state index contributed by atoms with van der Waals surface area (Å²) in [5, 5.41) is 3.93. The van der Waals surface area contributed by atoms with E-state index >= 15 is 0 Å². The van der Waals surface area contributed by atoms with E-state index in [9.17, 15) is 4.79 Å². The second-order valence-electron chi connectivity index (χ2n) is 3.80. The van der Waals surface area contributed by atoms with Gasteiger partial charge in [-0.1, -0.05) is 18.2 Å². The van der Waals surface area contributed by atoms with E-state index in [-0.39, 0.29) is 5.91 Å². The molecule has 90 valence electrons. The third-order valence-corrected chi connectivity index (χ3v) is 2.79. The second kappa shape index (κ2) is 5.73. The van der Waals surface area contributed by atoms with Gasteiger partial charge < -0.3 is 9.73 Å². The summed E-state index contributed by atoms with van der Waals surface area (Å²) in [5.74, 6) is 0.355. The van der Waals surface area contributed by atoms with Crippen LogP contribution in [0.15, 0.2) is 34.9 Å². The molecule has 2 aromatic rings. The van der Waals surface area contributed by atoms with E-state index in [2.05, 4.69) is 5.32 Å². The van der Waals surface area contributed by atoms with Gasteiger partial charge >= 0.3 is 0 Å². The number of nitrogens with one attached hydrogen (secondary N) is 1. The Morgan fingerprint density at radius 3 is 3.00 bits per heavy atom. The maximum absolute atomic E-state index is 11.2. The number of carbonyl (C=O) groups is 1. The molecule has 1 amide bonds. The predicted molar refractivity (Wildman–Crippen MR) is 68.3 cm³/mol. The van der Waals surface area contributed by atoms with Gasteiger partial charge in [0.25, 0.3) is 0 Å². The van der Waals surface area contributed by atoms with Gasteiger partial charge in [-0.2, -0.15) is 0 Å².